The van der Waals surface area contributed by atoms with Gasteiger partial charge in [-0.05, 0) is 19.1 Å². The summed E-state index contributed by atoms with van der Waals surface area (Å²) in [5.74, 6) is 0.738. The molecule has 0 aliphatic carbocycles. The van der Waals surface area contributed by atoms with Crippen molar-refractivity contribution in [3.05, 3.63) is 23.4 Å². The second-order valence-electron chi connectivity index (χ2n) is 2.46. The number of pyridine rings is 1. The highest BCUT2D eigenvalue weighted by Crippen LogP contribution is 2.11. The maximum atomic E-state index is 5.49. The molecule has 4 heteroatoms. The fourth-order valence-corrected chi connectivity index (χ4v) is 1.11. The normalized spacial score (nSPS) is 9.50. The first kappa shape index (κ1) is 8.93. The van der Waals surface area contributed by atoms with Gasteiger partial charge in [-0.15, -0.1) is 0 Å². The molecule has 3 nitrogen and oxygen atoms in total. The van der Waals surface area contributed by atoms with Gasteiger partial charge in [0, 0.05) is 12.7 Å². The van der Waals surface area contributed by atoms with E-state index in [2.05, 4.69) is 10.3 Å². The number of anilines is 1. The van der Waals surface area contributed by atoms with Gasteiger partial charge in [-0.2, -0.15) is 0 Å². The van der Waals surface area contributed by atoms with E-state index in [0.717, 1.165) is 17.1 Å². The van der Waals surface area contributed by atoms with Gasteiger partial charge in [0.15, 0.2) is 0 Å². The zero-order chi connectivity index (χ0) is 9.14. The van der Waals surface area contributed by atoms with Crippen molar-refractivity contribution in [2.45, 2.75) is 6.92 Å². The molecule has 0 saturated heterocycles. The predicted octanol–water partition coefficient (Wildman–Crippen LogP) is 1.07. The predicted molar refractivity (Wildman–Crippen MR) is 54.4 cm³/mol. The molecule has 1 aromatic rings. The van der Waals surface area contributed by atoms with Gasteiger partial charge in [-0.1, -0.05) is 12.2 Å². The molecule has 12 heavy (non-hydrogen) atoms. The molecule has 1 aromatic heterocycles. The van der Waals surface area contributed by atoms with E-state index in [-0.39, 0.29) is 0 Å². The summed E-state index contributed by atoms with van der Waals surface area (Å²) in [5.41, 5.74) is 7.23. The minimum absolute atomic E-state index is 0.367. The molecule has 0 amide bonds. The van der Waals surface area contributed by atoms with E-state index in [1.807, 2.05) is 19.1 Å². The van der Waals surface area contributed by atoms with Crippen molar-refractivity contribution in [1.82, 2.24) is 4.98 Å². The Bertz CT molecular complexity index is 309. The summed E-state index contributed by atoms with van der Waals surface area (Å²) in [4.78, 5) is 4.60. The largest absolute Gasteiger partial charge is 0.389 e. The van der Waals surface area contributed by atoms with Gasteiger partial charge in [0.1, 0.15) is 10.8 Å². The third-order valence-corrected chi connectivity index (χ3v) is 1.76. The summed E-state index contributed by atoms with van der Waals surface area (Å²) in [5, 5.41) is 2.94. The van der Waals surface area contributed by atoms with Crippen LogP contribution in [0.15, 0.2) is 12.1 Å². The van der Waals surface area contributed by atoms with Gasteiger partial charge in [0.25, 0.3) is 0 Å². The Kier molecular flexibility index (Phi) is 2.60. The molecule has 0 atom stereocenters. The zero-order valence-corrected chi connectivity index (χ0v) is 7.90. The summed E-state index contributed by atoms with van der Waals surface area (Å²) >= 11 is 4.86. The molecule has 0 spiro atoms. The molecular formula is C8H11N3S. The Balaban J connectivity index is 3.20. The van der Waals surface area contributed by atoms with Crippen LogP contribution in [0.2, 0.25) is 0 Å². The molecule has 64 valence electrons. The first-order chi connectivity index (χ1) is 5.65. The summed E-state index contributed by atoms with van der Waals surface area (Å²) in [6.07, 6.45) is 0. The van der Waals surface area contributed by atoms with E-state index in [1.165, 1.54) is 0 Å². The molecule has 1 heterocycles. The lowest BCUT2D eigenvalue weighted by molar-refractivity contribution is 1.18. The minimum atomic E-state index is 0.367. The smallest absolute Gasteiger partial charge is 0.136 e. The highest BCUT2D eigenvalue weighted by atomic mass is 32.1. The lowest BCUT2D eigenvalue weighted by atomic mass is 10.2. The van der Waals surface area contributed by atoms with Crippen molar-refractivity contribution in [3.8, 4) is 0 Å². The van der Waals surface area contributed by atoms with Crippen molar-refractivity contribution in [3.63, 3.8) is 0 Å². The monoisotopic (exact) mass is 181 g/mol. The van der Waals surface area contributed by atoms with E-state index in [4.69, 9.17) is 18.0 Å². The number of nitrogens with one attached hydrogen (secondary N) is 1. The topological polar surface area (TPSA) is 50.9 Å². The van der Waals surface area contributed by atoms with Gasteiger partial charge in [-0.3, -0.25) is 0 Å². The molecule has 0 aliphatic rings. The van der Waals surface area contributed by atoms with Gasteiger partial charge in [0.2, 0.25) is 0 Å². The molecule has 1 rings (SSSR count). The molecular weight excluding hydrogens is 170 g/mol. The van der Waals surface area contributed by atoms with Gasteiger partial charge >= 0.3 is 0 Å². The number of rotatable bonds is 2. The average Bonchev–Trinajstić information content (AvgIpc) is 2.03. The van der Waals surface area contributed by atoms with Crippen LogP contribution in [0.5, 0.6) is 0 Å². The lowest BCUT2D eigenvalue weighted by Gasteiger charge is -2.06. The van der Waals surface area contributed by atoms with Gasteiger partial charge in [0.05, 0.1) is 5.56 Å². The van der Waals surface area contributed by atoms with Crippen LogP contribution in [-0.2, 0) is 0 Å². The van der Waals surface area contributed by atoms with Gasteiger partial charge < -0.3 is 11.1 Å². The van der Waals surface area contributed by atoms with E-state index < -0.39 is 0 Å². The number of hydrogen-bond donors (Lipinski definition) is 2. The molecule has 0 radical (unpaired) electrons. The average molecular weight is 181 g/mol. The Morgan fingerprint density at radius 2 is 2.25 bits per heavy atom. The van der Waals surface area contributed by atoms with Crippen LogP contribution in [0, 0.1) is 6.92 Å². The van der Waals surface area contributed by atoms with E-state index >= 15 is 0 Å². The fourth-order valence-electron chi connectivity index (χ4n) is 0.946. The van der Waals surface area contributed by atoms with Crippen LogP contribution in [0.25, 0.3) is 0 Å². The van der Waals surface area contributed by atoms with Crippen molar-refractivity contribution < 1.29 is 0 Å². The number of thiocarbonyl (C=S) groups is 1. The Morgan fingerprint density at radius 1 is 1.58 bits per heavy atom. The second kappa shape index (κ2) is 3.49. The Hall–Kier alpha value is -1.16. The zero-order valence-electron chi connectivity index (χ0n) is 7.09. The lowest BCUT2D eigenvalue weighted by Crippen LogP contribution is -2.13. The minimum Gasteiger partial charge on any atom is -0.389 e. The maximum absolute atomic E-state index is 5.49. The maximum Gasteiger partial charge on any atom is 0.136 e. The Morgan fingerprint density at radius 3 is 2.75 bits per heavy atom. The molecule has 0 bridgehead atoms. The quantitative estimate of drug-likeness (QED) is 0.670. The van der Waals surface area contributed by atoms with E-state index in [0.29, 0.717) is 4.99 Å². The molecule has 0 aromatic carbocycles. The summed E-state index contributed by atoms with van der Waals surface area (Å²) in [6, 6.07) is 3.76. The highest BCUT2D eigenvalue weighted by Gasteiger charge is 2.04. The molecule has 0 saturated carbocycles. The third-order valence-electron chi connectivity index (χ3n) is 1.54. The SMILES string of the molecule is CNc1nc(C)ccc1C(N)=S. The van der Waals surface area contributed by atoms with E-state index in [1.54, 1.807) is 7.05 Å². The van der Waals surface area contributed by atoms with Crippen LogP contribution in [0.3, 0.4) is 0 Å². The number of hydrogen-bond acceptors (Lipinski definition) is 3. The van der Waals surface area contributed by atoms with Crippen molar-refractivity contribution in [2.24, 2.45) is 5.73 Å². The van der Waals surface area contributed by atoms with Crippen molar-refractivity contribution in [1.29, 1.82) is 0 Å². The third kappa shape index (κ3) is 1.71. The van der Waals surface area contributed by atoms with Crippen LogP contribution in [-0.4, -0.2) is 17.0 Å². The Labute approximate surface area is 77.0 Å². The van der Waals surface area contributed by atoms with Crippen molar-refractivity contribution >= 4 is 23.0 Å². The summed E-state index contributed by atoms with van der Waals surface area (Å²) in [7, 11) is 1.80. The number of nitrogens with zero attached hydrogens (tertiary/aromatic N) is 1. The van der Waals surface area contributed by atoms with Crippen LogP contribution < -0.4 is 11.1 Å². The number of aryl methyl sites for hydroxylation is 1. The van der Waals surface area contributed by atoms with E-state index in [9.17, 15) is 0 Å². The molecule has 0 unspecified atom stereocenters. The molecule has 3 N–H and O–H groups in total. The summed E-state index contributed by atoms with van der Waals surface area (Å²) < 4.78 is 0. The first-order valence-electron chi connectivity index (χ1n) is 3.60. The molecule has 0 fully saturated rings. The summed E-state index contributed by atoms with van der Waals surface area (Å²) in [6.45, 7) is 1.92. The first-order valence-corrected chi connectivity index (χ1v) is 4.01. The van der Waals surface area contributed by atoms with Gasteiger partial charge in [-0.25, -0.2) is 4.98 Å². The molecule has 0 aliphatic heterocycles. The standard InChI is InChI=1S/C8H11N3S/c1-5-3-4-6(7(9)12)8(10-2)11-5/h3-4H,1-2H3,(H2,9,12)(H,10,11). The number of nitrogens with two attached hydrogens (primary N) is 1. The second-order valence-corrected chi connectivity index (χ2v) is 2.90. The fraction of sp³-hybridized carbons (Fsp3) is 0.250. The van der Waals surface area contributed by atoms with Crippen LogP contribution in [0.4, 0.5) is 5.82 Å². The highest BCUT2D eigenvalue weighted by molar-refractivity contribution is 7.80. The van der Waals surface area contributed by atoms with Crippen LogP contribution in [0.1, 0.15) is 11.3 Å². The van der Waals surface area contributed by atoms with Crippen LogP contribution >= 0.6 is 12.2 Å². The van der Waals surface area contributed by atoms with Crippen molar-refractivity contribution in [2.75, 3.05) is 12.4 Å². The number of aromatic nitrogens is 1.